The average molecular weight is 274 g/mol. The minimum Gasteiger partial charge on any atom is -0.462 e. The second-order valence-corrected chi connectivity index (χ2v) is 4.66. The number of hydrogen-bond acceptors (Lipinski definition) is 4. The first-order valence-corrected chi connectivity index (χ1v) is 6.28. The second-order valence-electron chi connectivity index (χ2n) is 3.78. The number of H-pyrrole nitrogens is 1. The fourth-order valence-corrected chi connectivity index (χ4v) is 2.39. The molecule has 0 aliphatic carbocycles. The van der Waals surface area contributed by atoms with Crippen molar-refractivity contribution in [3.63, 3.8) is 0 Å². The van der Waals surface area contributed by atoms with Crippen LogP contribution in [0.25, 0.3) is 16.0 Å². The van der Waals surface area contributed by atoms with Crippen molar-refractivity contribution in [2.24, 2.45) is 5.73 Å². The van der Waals surface area contributed by atoms with Crippen LogP contribution in [0.5, 0.6) is 0 Å². The summed E-state index contributed by atoms with van der Waals surface area (Å²) in [7, 11) is 0. The predicted molar refractivity (Wildman–Crippen MR) is 71.7 cm³/mol. The number of nitrogens with two attached hydrogens (primary N) is 1. The number of primary amides is 1. The Morgan fingerprint density at radius 1 is 1.47 bits per heavy atom. The lowest BCUT2D eigenvalue weighted by Crippen LogP contribution is -2.15. The van der Waals surface area contributed by atoms with Gasteiger partial charge in [0, 0.05) is 11.9 Å². The lowest BCUT2D eigenvalue weighted by Gasteiger charge is -2.05. The molecule has 3 N–H and O–H groups in total. The van der Waals surface area contributed by atoms with Gasteiger partial charge in [0.25, 0.3) is 5.91 Å². The average Bonchev–Trinajstić information content (AvgIpc) is 2.78. The normalized spacial score (nSPS) is 10.5. The van der Waals surface area contributed by atoms with Gasteiger partial charge in [0.2, 0.25) is 0 Å². The summed E-state index contributed by atoms with van der Waals surface area (Å²) in [4.78, 5) is 15.3. The maximum absolute atomic E-state index is 11.3. The molecule has 2 heterocycles. The number of nitrogens with one attached hydrogen (secondary N) is 1. The first-order valence-electron chi connectivity index (χ1n) is 5.46. The highest BCUT2D eigenvalue weighted by Gasteiger charge is 2.10. The van der Waals surface area contributed by atoms with E-state index in [-0.39, 0.29) is 0 Å². The van der Waals surface area contributed by atoms with E-state index in [1.807, 2.05) is 18.2 Å². The van der Waals surface area contributed by atoms with Gasteiger partial charge in [-0.1, -0.05) is 11.5 Å². The van der Waals surface area contributed by atoms with E-state index in [9.17, 15) is 4.79 Å². The third kappa shape index (κ3) is 2.11. The van der Waals surface area contributed by atoms with Crippen LogP contribution in [0.15, 0.2) is 47.6 Å². The largest absolute Gasteiger partial charge is 0.462 e. The van der Waals surface area contributed by atoms with Gasteiger partial charge in [0.1, 0.15) is 17.5 Å². The molecule has 0 atom stereocenters. The fraction of sp³-hybridized carbons (Fsp3) is 0. The Labute approximate surface area is 112 Å². The van der Waals surface area contributed by atoms with Gasteiger partial charge >= 0.3 is 0 Å². The molecule has 7 heteroatoms. The molecule has 1 aromatic carbocycles. The van der Waals surface area contributed by atoms with E-state index in [0.29, 0.717) is 5.69 Å². The molecule has 3 rings (SSSR count). The monoisotopic (exact) mass is 274 g/mol. The Morgan fingerprint density at radius 3 is 3.21 bits per heavy atom. The van der Waals surface area contributed by atoms with Crippen LogP contribution in [0, 0.1) is 0 Å². The van der Waals surface area contributed by atoms with Crippen LogP contribution in [0.2, 0.25) is 0 Å². The molecule has 0 fully saturated rings. The van der Waals surface area contributed by atoms with Gasteiger partial charge < -0.3 is 14.5 Å². The summed E-state index contributed by atoms with van der Waals surface area (Å²) in [6.07, 6.45) is 6.27. The van der Waals surface area contributed by atoms with Crippen LogP contribution in [-0.4, -0.2) is 19.8 Å². The Bertz CT molecular complexity index is 778. The van der Waals surface area contributed by atoms with Crippen LogP contribution < -0.4 is 5.73 Å². The van der Waals surface area contributed by atoms with E-state index in [1.165, 1.54) is 17.7 Å². The number of aromatic amines is 1. The number of nitrogens with zero attached hydrogens (tertiary/aromatic N) is 2. The van der Waals surface area contributed by atoms with Crippen molar-refractivity contribution in [3.8, 4) is 5.69 Å². The number of hydrogen-bond donors (Lipinski definition) is 2. The Hall–Kier alpha value is -2.54. The van der Waals surface area contributed by atoms with E-state index in [1.54, 1.807) is 23.4 Å². The van der Waals surface area contributed by atoms with E-state index in [4.69, 9.17) is 10.2 Å². The number of fused-ring (bicyclic) bond motifs is 1. The molecule has 3 aromatic rings. The zero-order valence-corrected chi connectivity index (χ0v) is 10.6. The van der Waals surface area contributed by atoms with Crippen LogP contribution >= 0.6 is 11.5 Å². The van der Waals surface area contributed by atoms with Crippen molar-refractivity contribution in [3.05, 3.63) is 48.9 Å². The molecule has 0 saturated carbocycles. The van der Waals surface area contributed by atoms with Crippen molar-refractivity contribution < 1.29 is 9.21 Å². The first-order chi connectivity index (χ1) is 9.25. The second kappa shape index (κ2) is 4.62. The summed E-state index contributed by atoms with van der Waals surface area (Å²) in [5.74, 6) is -0.517. The summed E-state index contributed by atoms with van der Waals surface area (Å²) >= 11 is 1.42. The fourth-order valence-electron chi connectivity index (χ4n) is 1.74. The summed E-state index contributed by atoms with van der Waals surface area (Å²) in [6.45, 7) is 0. The molecular weight excluding hydrogens is 264 g/mol. The molecular formula is C12H10N4O2S. The SMILES string of the molecule is NC(=O)c1cncn1-c1ccc2occ[nH]sc2c1. The molecule has 0 radical (unpaired) electrons. The molecule has 0 unspecified atom stereocenters. The molecule has 0 bridgehead atoms. The van der Waals surface area contributed by atoms with Crippen molar-refractivity contribution in [1.82, 2.24) is 13.9 Å². The Morgan fingerprint density at radius 2 is 2.37 bits per heavy atom. The highest BCUT2D eigenvalue weighted by atomic mass is 32.1. The summed E-state index contributed by atoms with van der Waals surface area (Å²) in [5.41, 5.74) is 7.19. The maximum atomic E-state index is 11.3. The smallest absolute Gasteiger partial charge is 0.267 e. The standard InChI is InChI=1S/C12H10N4O2S/c13-12(17)9-6-14-7-16(9)8-1-2-10-11(5-8)19-15-3-4-18-10/h1-7,15H,(H2,13,17). The summed E-state index contributed by atoms with van der Waals surface area (Å²) in [6, 6.07) is 5.57. The van der Waals surface area contributed by atoms with Crippen molar-refractivity contribution in [2.75, 3.05) is 0 Å². The first kappa shape index (κ1) is 11.5. The van der Waals surface area contributed by atoms with Crippen molar-refractivity contribution in [2.45, 2.75) is 0 Å². The quantitative estimate of drug-likeness (QED) is 0.750. The van der Waals surface area contributed by atoms with E-state index >= 15 is 0 Å². The number of carbonyl (C=O) groups excluding carboxylic acids is 1. The molecule has 0 aliphatic heterocycles. The minimum atomic E-state index is -0.517. The number of imidazole rings is 1. The van der Waals surface area contributed by atoms with Gasteiger partial charge in [-0.15, -0.1) is 0 Å². The zero-order chi connectivity index (χ0) is 13.2. The molecule has 19 heavy (non-hydrogen) atoms. The van der Waals surface area contributed by atoms with Gasteiger partial charge in [0.05, 0.1) is 17.2 Å². The van der Waals surface area contributed by atoms with E-state index < -0.39 is 5.91 Å². The van der Waals surface area contributed by atoms with Gasteiger partial charge in [-0.25, -0.2) is 4.98 Å². The van der Waals surface area contributed by atoms with Gasteiger partial charge in [-0.3, -0.25) is 9.36 Å². The highest BCUT2D eigenvalue weighted by Crippen LogP contribution is 2.20. The molecule has 96 valence electrons. The highest BCUT2D eigenvalue weighted by molar-refractivity contribution is 7.12. The molecule has 1 amide bonds. The number of benzene rings is 1. The Balaban J connectivity index is 2.21. The van der Waals surface area contributed by atoms with E-state index in [0.717, 1.165) is 16.0 Å². The molecule has 0 spiro atoms. The minimum absolute atomic E-state index is 0.338. The van der Waals surface area contributed by atoms with E-state index in [2.05, 4.69) is 9.36 Å². The predicted octanol–water partition coefficient (Wildman–Crippen LogP) is 2.23. The topological polar surface area (TPSA) is 89.8 Å². The van der Waals surface area contributed by atoms with Crippen LogP contribution in [-0.2, 0) is 0 Å². The molecule has 6 nitrogen and oxygen atoms in total. The van der Waals surface area contributed by atoms with Crippen LogP contribution in [0.1, 0.15) is 10.5 Å². The third-order valence-electron chi connectivity index (χ3n) is 2.60. The van der Waals surface area contributed by atoms with Crippen LogP contribution in [0.4, 0.5) is 0 Å². The van der Waals surface area contributed by atoms with Gasteiger partial charge in [0.15, 0.2) is 0 Å². The van der Waals surface area contributed by atoms with Crippen LogP contribution in [0.3, 0.4) is 0 Å². The number of rotatable bonds is 2. The number of aromatic nitrogens is 3. The number of amides is 1. The molecule has 0 aliphatic rings. The number of carbonyl (C=O) groups is 1. The third-order valence-corrected chi connectivity index (χ3v) is 3.39. The Kier molecular flexibility index (Phi) is 2.81. The van der Waals surface area contributed by atoms with Crippen molar-refractivity contribution in [1.29, 1.82) is 0 Å². The van der Waals surface area contributed by atoms with Gasteiger partial charge in [-0.05, 0) is 18.2 Å². The molecule has 2 aromatic heterocycles. The zero-order valence-electron chi connectivity index (χ0n) is 9.74. The lowest BCUT2D eigenvalue weighted by molar-refractivity contribution is 0.0994. The van der Waals surface area contributed by atoms with Gasteiger partial charge in [-0.2, -0.15) is 0 Å². The van der Waals surface area contributed by atoms with Crippen molar-refractivity contribution >= 4 is 27.7 Å². The summed E-state index contributed by atoms with van der Waals surface area (Å²) in [5, 5.41) is 0. The summed E-state index contributed by atoms with van der Waals surface area (Å²) < 4.78 is 11.0. The lowest BCUT2D eigenvalue weighted by atomic mass is 10.3. The maximum Gasteiger partial charge on any atom is 0.267 e. The molecule has 0 saturated heterocycles.